The lowest BCUT2D eigenvalue weighted by Gasteiger charge is -2.21. The van der Waals surface area contributed by atoms with Gasteiger partial charge in [-0.15, -0.1) is 0 Å². The van der Waals surface area contributed by atoms with Crippen LogP contribution in [0.25, 0.3) is 0 Å². The summed E-state index contributed by atoms with van der Waals surface area (Å²) in [7, 11) is 3.60. The normalized spacial score (nSPS) is 12.0. The Bertz CT molecular complexity index is 667. The molecule has 0 heterocycles. The van der Waals surface area contributed by atoms with Crippen molar-refractivity contribution in [1.29, 1.82) is 0 Å². The van der Waals surface area contributed by atoms with Crippen molar-refractivity contribution in [2.24, 2.45) is 0 Å². The highest BCUT2D eigenvalue weighted by molar-refractivity contribution is 5.94. The third kappa shape index (κ3) is 6.21. The molecule has 0 amide bonds. The van der Waals surface area contributed by atoms with Gasteiger partial charge in [-0.25, -0.2) is 0 Å². The molecule has 0 saturated heterocycles. The first-order chi connectivity index (χ1) is 12.0. The molecule has 5 heteroatoms. The van der Waals surface area contributed by atoms with E-state index in [2.05, 4.69) is 0 Å². The van der Waals surface area contributed by atoms with E-state index in [1.165, 1.54) is 6.92 Å². The van der Waals surface area contributed by atoms with E-state index >= 15 is 0 Å². The van der Waals surface area contributed by atoms with E-state index in [0.717, 1.165) is 17.9 Å². The topological polar surface area (TPSA) is 59.0 Å². The van der Waals surface area contributed by atoms with Crippen LogP contribution in [-0.2, 0) is 6.54 Å². The zero-order chi connectivity index (χ0) is 18.2. The SMILES string of the molecule is COc1ccc(CN(C)CC(O)COc2ccc(C(C)=O)cc2)cc1. The molecule has 0 aromatic heterocycles. The van der Waals surface area contributed by atoms with E-state index in [9.17, 15) is 9.90 Å². The van der Waals surface area contributed by atoms with Gasteiger partial charge >= 0.3 is 0 Å². The number of benzene rings is 2. The number of hydrogen-bond acceptors (Lipinski definition) is 5. The van der Waals surface area contributed by atoms with E-state index in [0.29, 0.717) is 17.9 Å². The highest BCUT2D eigenvalue weighted by Crippen LogP contribution is 2.14. The van der Waals surface area contributed by atoms with E-state index in [-0.39, 0.29) is 12.4 Å². The molecule has 0 aliphatic heterocycles. The Morgan fingerprint density at radius 3 is 2.24 bits per heavy atom. The number of carbonyl (C=O) groups excluding carboxylic acids is 1. The van der Waals surface area contributed by atoms with Gasteiger partial charge in [0.15, 0.2) is 5.78 Å². The summed E-state index contributed by atoms with van der Waals surface area (Å²) in [5.41, 5.74) is 1.79. The lowest BCUT2D eigenvalue weighted by Crippen LogP contribution is -2.32. The minimum absolute atomic E-state index is 0.0201. The Labute approximate surface area is 148 Å². The van der Waals surface area contributed by atoms with Crippen molar-refractivity contribution in [3.8, 4) is 11.5 Å². The first kappa shape index (κ1) is 19.0. The maximum absolute atomic E-state index is 11.2. The number of likely N-dealkylation sites (N-methyl/N-ethyl adjacent to an activating group) is 1. The largest absolute Gasteiger partial charge is 0.497 e. The number of ketones is 1. The van der Waals surface area contributed by atoms with Crippen molar-refractivity contribution in [2.75, 3.05) is 27.3 Å². The minimum Gasteiger partial charge on any atom is -0.497 e. The summed E-state index contributed by atoms with van der Waals surface area (Å²) in [4.78, 5) is 13.3. The fourth-order valence-electron chi connectivity index (χ4n) is 2.50. The quantitative estimate of drug-likeness (QED) is 0.710. The Morgan fingerprint density at radius 2 is 1.68 bits per heavy atom. The van der Waals surface area contributed by atoms with Gasteiger partial charge < -0.3 is 14.6 Å². The van der Waals surface area contributed by atoms with Gasteiger partial charge in [0.1, 0.15) is 24.2 Å². The summed E-state index contributed by atoms with van der Waals surface area (Å²) in [5, 5.41) is 10.1. The first-order valence-corrected chi connectivity index (χ1v) is 8.21. The molecule has 1 unspecified atom stereocenters. The molecule has 1 N–H and O–H groups in total. The van der Waals surface area contributed by atoms with Gasteiger partial charge in [0, 0.05) is 18.7 Å². The molecule has 2 aromatic carbocycles. The van der Waals surface area contributed by atoms with E-state index in [1.807, 2.05) is 36.2 Å². The second-order valence-corrected chi connectivity index (χ2v) is 6.09. The zero-order valence-corrected chi connectivity index (χ0v) is 14.9. The van der Waals surface area contributed by atoms with Crippen LogP contribution in [0.15, 0.2) is 48.5 Å². The first-order valence-electron chi connectivity index (χ1n) is 8.21. The zero-order valence-electron chi connectivity index (χ0n) is 14.9. The molecule has 0 aliphatic carbocycles. The van der Waals surface area contributed by atoms with Crippen LogP contribution in [0.1, 0.15) is 22.8 Å². The average molecular weight is 343 g/mol. The van der Waals surface area contributed by atoms with Crippen LogP contribution < -0.4 is 9.47 Å². The third-order valence-corrected chi connectivity index (χ3v) is 3.84. The summed E-state index contributed by atoms with van der Waals surface area (Å²) < 4.78 is 10.7. The number of aliphatic hydroxyl groups is 1. The van der Waals surface area contributed by atoms with Crippen LogP contribution in [0.3, 0.4) is 0 Å². The summed E-state index contributed by atoms with van der Waals surface area (Å²) in [6.45, 7) is 2.95. The summed E-state index contributed by atoms with van der Waals surface area (Å²) in [6.07, 6.45) is -0.601. The van der Waals surface area contributed by atoms with Gasteiger partial charge in [0.25, 0.3) is 0 Å². The van der Waals surface area contributed by atoms with Crippen LogP contribution >= 0.6 is 0 Å². The predicted molar refractivity (Wildman–Crippen MR) is 97.3 cm³/mol. The van der Waals surface area contributed by atoms with E-state index < -0.39 is 6.10 Å². The summed E-state index contributed by atoms with van der Waals surface area (Å²) >= 11 is 0. The molecule has 1 atom stereocenters. The molecule has 0 aliphatic rings. The molecule has 0 bridgehead atoms. The fraction of sp³-hybridized carbons (Fsp3) is 0.350. The second-order valence-electron chi connectivity index (χ2n) is 6.09. The van der Waals surface area contributed by atoms with Gasteiger partial charge in [-0.05, 0) is 55.9 Å². The lowest BCUT2D eigenvalue weighted by atomic mass is 10.1. The Morgan fingerprint density at radius 1 is 1.08 bits per heavy atom. The Hall–Kier alpha value is -2.37. The minimum atomic E-state index is -0.601. The monoisotopic (exact) mass is 343 g/mol. The molecule has 0 fully saturated rings. The Balaban J connectivity index is 1.76. The maximum Gasteiger partial charge on any atom is 0.159 e. The molecule has 0 radical (unpaired) electrons. The van der Waals surface area contributed by atoms with Crippen molar-refractivity contribution in [3.63, 3.8) is 0 Å². The predicted octanol–water partition coefficient (Wildman–Crippen LogP) is 2.77. The maximum atomic E-state index is 11.2. The standard InChI is InChI=1S/C20H25NO4/c1-15(22)17-6-10-20(11-7-17)25-14-18(23)13-21(2)12-16-4-8-19(24-3)9-5-16/h4-11,18,23H,12-14H2,1-3H3. The van der Waals surface area contributed by atoms with Gasteiger partial charge in [-0.3, -0.25) is 9.69 Å². The summed E-state index contributed by atoms with van der Waals surface area (Å²) in [5.74, 6) is 1.49. The molecule has 2 rings (SSSR count). The highest BCUT2D eigenvalue weighted by atomic mass is 16.5. The molecule has 0 spiro atoms. The molecular weight excluding hydrogens is 318 g/mol. The van der Waals surface area contributed by atoms with Crippen LogP contribution in [0, 0.1) is 0 Å². The number of rotatable bonds is 9. The van der Waals surface area contributed by atoms with Crippen LogP contribution in [0.5, 0.6) is 11.5 Å². The van der Waals surface area contributed by atoms with Crippen LogP contribution in [0.4, 0.5) is 0 Å². The molecular formula is C20H25NO4. The number of carbonyl (C=O) groups is 1. The molecule has 2 aromatic rings. The average Bonchev–Trinajstić information content (AvgIpc) is 2.61. The van der Waals surface area contributed by atoms with Crippen molar-refractivity contribution < 1.29 is 19.4 Å². The summed E-state index contributed by atoms with van der Waals surface area (Å²) in [6, 6.07) is 14.8. The van der Waals surface area contributed by atoms with Gasteiger partial charge in [0.2, 0.25) is 0 Å². The molecule has 134 valence electrons. The van der Waals surface area contributed by atoms with Crippen molar-refractivity contribution in [3.05, 3.63) is 59.7 Å². The number of nitrogens with zero attached hydrogens (tertiary/aromatic N) is 1. The Kier molecular flexibility index (Phi) is 6.98. The van der Waals surface area contributed by atoms with Crippen LogP contribution in [-0.4, -0.2) is 49.2 Å². The number of hydrogen-bond donors (Lipinski definition) is 1. The highest BCUT2D eigenvalue weighted by Gasteiger charge is 2.10. The van der Waals surface area contributed by atoms with Crippen molar-refractivity contribution in [2.45, 2.75) is 19.6 Å². The van der Waals surface area contributed by atoms with Crippen molar-refractivity contribution in [1.82, 2.24) is 4.90 Å². The smallest absolute Gasteiger partial charge is 0.159 e. The van der Waals surface area contributed by atoms with E-state index in [1.54, 1.807) is 31.4 Å². The van der Waals surface area contributed by atoms with E-state index in [4.69, 9.17) is 9.47 Å². The molecule has 25 heavy (non-hydrogen) atoms. The molecule has 0 saturated carbocycles. The van der Waals surface area contributed by atoms with Crippen LogP contribution in [0.2, 0.25) is 0 Å². The second kappa shape index (κ2) is 9.20. The fourth-order valence-corrected chi connectivity index (χ4v) is 2.50. The number of Topliss-reactive ketones (excluding diaryl/α,β-unsaturated/α-hetero) is 1. The van der Waals surface area contributed by atoms with Gasteiger partial charge in [-0.2, -0.15) is 0 Å². The number of aliphatic hydroxyl groups excluding tert-OH is 1. The third-order valence-electron chi connectivity index (χ3n) is 3.84. The molecule has 5 nitrogen and oxygen atoms in total. The van der Waals surface area contributed by atoms with Crippen molar-refractivity contribution >= 4 is 5.78 Å². The number of methoxy groups -OCH3 is 1. The number of ether oxygens (including phenoxy) is 2. The van der Waals surface area contributed by atoms with Gasteiger partial charge in [0.05, 0.1) is 7.11 Å². The lowest BCUT2D eigenvalue weighted by molar-refractivity contribution is 0.0743. The van der Waals surface area contributed by atoms with Gasteiger partial charge in [-0.1, -0.05) is 12.1 Å².